The van der Waals surface area contributed by atoms with Gasteiger partial charge in [0.2, 0.25) is 0 Å². The van der Waals surface area contributed by atoms with Crippen molar-refractivity contribution in [3.63, 3.8) is 0 Å². The number of benzene rings is 2. The minimum atomic E-state index is -0.750. The van der Waals surface area contributed by atoms with Gasteiger partial charge >= 0.3 is 0 Å². The Morgan fingerprint density at radius 2 is 2.07 bits per heavy atom. The minimum absolute atomic E-state index is 0.0124. The molecule has 2 aromatic carbocycles. The van der Waals surface area contributed by atoms with Crippen LogP contribution in [0.4, 0.5) is 0 Å². The number of methoxy groups -OCH3 is 1. The molecule has 0 saturated carbocycles. The number of nitrogens with one attached hydrogen (secondary N) is 1. The van der Waals surface area contributed by atoms with E-state index in [1.807, 2.05) is 6.92 Å². The minimum Gasteiger partial charge on any atom is -0.503 e. The first-order valence-electron chi connectivity index (χ1n) is 8.23. The van der Waals surface area contributed by atoms with Crippen LogP contribution < -0.4 is 19.6 Å². The number of phenolic OH excluding ortho intramolecular Hbond substituents is 1. The summed E-state index contributed by atoms with van der Waals surface area (Å²) in [6, 6.07) is 10.3. The number of hydrogen-bond donors (Lipinski definition) is 2. The number of amides is 1. The van der Waals surface area contributed by atoms with E-state index in [0.29, 0.717) is 33.9 Å². The van der Waals surface area contributed by atoms with Gasteiger partial charge in [-0.25, -0.2) is 5.43 Å². The topological polar surface area (TPSA) is 89.4 Å². The van der Waals surface area contributed by atoms with Crippen molar-refractivity contribution in [2.75, 3.05) is 13.7 Å². The van der Waals surface area contributed by atoms with Crippen LogP contribution in [0.15, 0.2) is 46.0 Å². The van der Waals surface area contributed by atoms with E-state index in [-0.39, 0.29) is 5.75 Å². The fourth-order valence-corrected chi connectivity index (χ4v) is 2.59. The molecule has 0 radical (unpaired) electrons. The molecule has 0 spiro atoms. The summed E-state index contributed by atoms with van der Waals surface area (Å²) in [5, 5.41) is 13.8. The van der Waals surface area contributed by atoms with Gasteiger partial charge in [-0.3, -0.25) is 4.79 Å². The molecule has 1 unspecified atom stereocenters. The molecule has 2 rings (SSSR count). The van der Waals surface area contributed by atoms with Crippen molar-refractivity contribution in [2.45, 2.75) is 20.0 Å². The second kappa shape index (κ2) is 9.82. The summed E-state index contributed by atoms with van der Waals surface area (Å²) in [4.78, 5) is 12.1. The Hall–Kier alpha value is -2.74. The number of hydrazone groups is 1. The highest BCUT2D eigenvalue weighted by Gasteiger charge is 2.14. The molecule has 1 atom stereocenters. The van der Waals surface area contributed by atoms with Crippen molar-refractivity contribution in [3.8, 4) is 23.0 Å². The molecule has 0 fully saturated rings. The zero-order valence-corrected chi connectivity index (χ0v) is 16.8. The number of aromatic hydroxyl groups is 1. The molecule has 0 aromatic heterocycles. The molecule has 8 heteroatoms. The summed E-state index contributed by atoms with van der Waals surface area (Å²) in [6.45, 7) is 3.85. The van der Waals surface area contributed by atoms with E-state index < -0.39 is 12.0 Å². The van der Waals surface area contributed by atoms with E-state index in [4.69, 9.17) is 14.2 Å². The molecule has 0 bridgehead atoms. The van der Waals surface area contributed by atoms with Gasteiger partial charge < -0.3 is 19.3 Å². The van der Waals surface area contributed by atoms with Crippen LogP contribution in [0.1, 0.15) is 19.4 Å². The van der Waals surface area contributed by atoms with Crippen LogP contribution in [0, 0.1) is 0 Å². The molecule has 2 aromatic rings. The third-order valence-electron chi connectivity index (χ3n) is 3.46. The molecular weight excluding hydrogens is 416 g/mol. The first-order chi connectivity index (χ1) is 12.9. The van der Waals surface area contributed by atoms with E-state index in [0.717, 1.165) is 0 Å². The van der Waals surface area contributed by atoms with Crippen LogP contribution in [0.5, 0.6) is 23.0 Å². The molecule has 2 N–H and O–H groups in total. The largest absolute Gasteiger partial charge is 0.503 e. The lowest BCUT2D eigenvalue weighted by atomic mass is 10.2. The highest BCUT2D eigenvalue weighted by Crippen LogP contribution is 2.35. The number of carbonyl (C=O) groups excluding carboxylic acids is 1. The predicted molar refractivity (Wildman–Crippen MR) is 106 cm³/mol. The van der Waals surface area contributed by atoms with Gasteiger partial charge in [0.15, 0.2) is 17.6 Å². The first-order valence-corrected chi connectivity index (χ1v) is 9.02. The number of halogens is 1. The van der Waals surface area contributed by atoms with Gasteiger partial charge in [0.05, 0.1) is 24.4 Å². The van der Waals surface area contributed by atoms with Crippen molar-refractivity contribution in [3.05, 3.63) is 46.4 Å². The van der Waals surface area contributed by atoms with E-state index in [1.54, 1.807) is 50.4 Å². The fraction of sp³-hybridized carbons (Fsp3) is 0.263. The maximum Gasteiger partial charge on any atom is 0.280 e. The number of hydrogen-bond acceptors (Lipinski definition) is 6. The van der Waals surface area contributed by atoms with E-state index in [1.165, 1.54) is 6.21 Å². The van der Waals surface area contributed by atoms with Gasteiger partial charge in [-0.1, -0.05) is 6.07 Å². The summed E-state index contributed by atoms with van der Waals surface area (Å²) in [5.41, 5.74) is 3.06. The summed E-state index contributed by atoms with van der Waals surface area (Å²) in [6.07, 6.45) is 0.697. The van der Waals surface area contributed by atoms with Crippen molar-refractivity contribution < 1.29 is 24.1 Å². The molecule has 0 aliphatic heterocycles. The Bertz CT molecular complexity index is 826. The molecule has 1 amide bonds. The van der Waals surface area contributed by atoms with Gasteiger partial charge in [-0.15, -0.1) is 0 Å². The summed E-state index contributed by atoms with van der Waals surface area (Å²) in [7, 11) is 1.56. The third-order valence-corrected chi connectivity index (χ3v) is 4.07. The zero-order valence-electron chi connectivity index (χ0n) is 15.2. The highest BCUT2D eigenvalue weighted by atomic mass is 79.9. The molecule has 0 heterocycles. The van der Waals surface area contributed by atoms with Gasteiger partial charge in [-0.2, -0.15) is 5.10 Å². The lowest BCUT2D eigenvalue weighted by Crippen LogP contribution is -2.33. The lowest BCUT2D eigenvalue weighted by Gasteiger charge is -2.13. The Morgan fingerprint density at radius 3 is 2.78 bits per heavy atom. The zero-order chi connectivity index (χ0) is 19.8. The van der Waals surface area contributed by atoms with Gasteiger partial charge in [0.25, 0.3) is 5.91 Å². The standard InChI is InChI=1S/C19H21BrN2O5/c1-4-26-17-9-13(8-16(20)18(17)23)11-21-22-19(24)12(2)27-15-7-5-6-14(10-15)25-3/h5-12,23H,4H2,1-3H3,(H,22,24)/b21-11+. The molecule has 0 saturated heterocycles. The van der Waals surface area contributed by atoms with Crippen LogP contribution in [-0.4, -0.2) is 37.0 Å². The van der Waals surface area contributed by atoms with E-state index in [9.17, 15) is 9.90 Å². The van der Waals surface area contributed by atoms with Crippen molar-refractivity contribution in [1.29, 1.82) is 0 Å². The van der Waals surface area contributed by atoms with Gasteiger partial charge in [0, 0.05) is 6.07 Å². The Labute approximate surface area is 166 Å². The molecular formula is C19H21BrN2O5. The van der Waals surface area contributed by atoms with Crippen LogP contribution >= 0.6 is 15.9 Å². The van der Waals surface area contributed by atoms with Crippen LogP contribution in [0.2, 0.25) is 0 Å². The third kappa shape index (κ3) is 5.89. The fourth-order valence-electron chi connectivity index (χ4n) is 2.13. The molecule has 144 valence electrons. The molecule has 0 aliphatic carbocycles. The first kappa shape index (κ1) is 20.6. The smallest absolute Gasteiger partial charge is 0.280 e. The second-order valence-electron chi connectivity index (χ2n) is 5.46. The molecule has 7 nitrogen and oxygen atoms in total. The Morgan fingerprint density at radius 1 is 1.33 bits per heavy atom. The maximum atomic E-state index is 12.1. The lowest BCUT2D eigenvalue weighted by molar-refractivity contribution is -0.127. The van der Waals surface area contributed by atoms with Crippen LogP contribution in [-0.2, 0) is 4.79 Å². The van der Waals surface area contributed by atoms with Crippen LogP contribution in [0.3, 0.4) is 0 Å². The number of phenols is 1. The Balaban J connectivity index is 1.97. The van der Waals surface area contributed by atoms with Crippen molar-refractivity contribution in [1.82, 2.24) is 5.43 Å². The van der Waals surface area contributed by atoms with Crippen molar-refractivity contribution >= 4 is 28.1 Å². The van der Waals surface area contributed by atoms with Crippen molar-refractivity contribution in [2.24, 2.45) is 5.10 Å². The van der Waals surface area contributed by atoms with E-state index in [2.05, 4.69) is 26.5 Å². The number of nitrogens with zero attached hydrogens (tertiary/aromatic N) is 1. The number of rotatable bonds is 8. The van der Waals surface area contributed by atoms with Gasteiger partial charge in [0.1, 0.15) is 11.5 Å². The summed E-state index contributed by atoms with van der Waals surface area (Å²) >= 11 is 3.25. The monoisotopic (exact) mass is 436 g/mol. The molecule has 0 aliphatic rings. The maximum absolute atomic E-state index is 12.1. The van der Waals surface area contributed by atoms with Gasteiger partial charge in [-0.05, 0) is 59.6 Å². The number of ether oxygens (including phenoxy) is 3. The highest BCUT2D eigenvalue weighted by molar-refractivity contribution is 9.10. The van der Waals surface area contributed by atoms with E-state index >= 15 is 0 Å². The predicted octanol–water partition coefficient (Wildman–Crippen LogP) is 3.48. The van der Waals surface area contributed by atoms with Crippen LogP contribution in [0.25, 0.3) is 0 Å². The quantitative estimate of drug-likeness (QED) is 0.488. The summed E-state index contributed by atoms with van der Waals surface area (Å²) < 4.78 is 16.5. The Kier molecular flexibility index (Phi) is 7.48. The molecule has 27 heavy (non-hydrogen) atoms. The normalized spacial score (nSPS) is 11.9. The SMILES string of the molecule is CCOc1cc(/C=N/NC(=O)C(C)Oc2cccc(OC)c2)cc(Br)c1O. The summed E-state index contributed by atoms with van der Waals surface area (Å²) in [5.74, 6) is 1.09. The second-order valence-corrected chi connectivity index (χ2v) is 6.31. The average Bonchev–Trinajstić information content (AvgIpc) is 2.65. The number of carbonyl (C=O) groups is 1. The average molecular weight is 437 g/mol.